The highest BCUT2D eigenvalue weighted by molar-refractivity contribution is 7.79. The Morgan fingerprint density at radius 2 is 2.00 bits per heavy atom. The van der Waals surface area contributed by atoms with Crippen molar-refractivity contribution in [3.63, 3.8) is 0 Å². The molecular weight excluding hydrogens is 366 g/mol. The van der Waals surface area contributed by atoms with Crippen molar-refractivity contribution in [1.29, 1.82) is 5.41 Å². The molecule has 0 unspecified atom stereocenters. The molecule has 8 N–H and O–H groups in total. The number of hydrogen-bond acceptors (Lipinski definition) is 6. The van der Waals surface area contributed by atoms with E-state index in [1.807, 2.05) is 36.4 Å². The zero-order chi connectivity index (χ0) is 20.5. The normalized spacial score (nSPS) is 11.9. The van der Waals surface area contributed by atoms with Gasteiger partial charge in [0.2, 0.25) is 0 Å². The Hall–Kier alpha value is -3.22. The maximum absolute atomic E-state index is 8.48. The van der Waals surface area contributed by atoms with Crippen LogP contribution in [0.1, 0.15) is 22.3 Å². The lowest BCUT2D eigenvalue weighted by Gasteiger charge is -2.11. The van der Waals surface area contributed by atoms with Gasteiger partial charge in [-0.1, -0.05) is 48.6 Å². The molecule has 0 radical (unpaired) electrons. The molecule has 0 fully saturated rings. The summed E-state index contributed by atoms with van der Waals surface area (Å²) >= 11 is 4.98. The Morgan fingerprint density at radius 3 is 2.68 bits per heavy atom. The maximum atomic E-state index is 8.48. The molecule has 0 atom stereocenters. The van der Waals surface area contributed by atoms with Crippen LogP contribution in [0.5, 0.6) is 0 Å². The van der Waals surface area contributed by atoms with Crippen LogP contribution in [0, 0.1) is 5.41 Å². The summed E-state index contributed by atoms with van der Waals surface area (Å²) in [6, 6.07) is 13.3. The Balaban J connectivity index is 2.29. The fourth-order valence-corrected chi connectivity index (χ4v) is 2.89. The molecule has 5 nitrogen and oxygen atoms in total. The molecule has 0 aliphatic carbocycles. The number of allylic oxidation sites excluding steroid dienone is 2. The van der Waals surface area contributed by atoms with Gasteiger partial charge >= 0.3 is 0 Å². The third kappa shape index (κ3) is 5.39. The second-order valence-corrected chi connectivity index (χ2v) is 6.42. The molecule has 28 heavy (non-hydrogen) atoms. The number of nitrogens with two attached hydrogens (primary N) is 3. The zero-order valence-electron chi connectivity index (χ0n) is 15.6. The summed E-state index contributed by atoms with van der Waals surface area (Å²) in [4.78, 5) is 0. The molecule has 0 aromatic heterocycles. The van der Waals surface area contributed by atoms with Gasteiger partial charge in [-0.3, -0.25) is 5.41 Å². The first-order valence-electron chi connectivity index (χ1n) is 8.74. The van der Waals surface area contributed by atoms with Gasteiger partial charge in [-0.15, -0.1) is 6.58 Å². The lowest BCUT2D eigenvalue weighted by Crippen LogP contribution is -2.14. The van der Waals surface area contributed by atoms with Gasteiger partial charge in [-0.2, -0.15) is 0 Å². The van der Waals surface area contributed by atoms with Gasteiger partial charge in [0.15, 0.2) is 0 Å². The van der Waals surface area contributed by atoms with Gasteiger partial charge in [-0.25, -0.2) is 0 Å². The SMILES string of the molecule is C=CCNCc1cccc(/C=C(\N)C(=N)c2cc(C(C=S)=CN)ccc2N)c1. The van der Waals surface area contributed by atoms with Crippen LogP contribution in [0.15, 0.2) is 67.0 Å². The molecule has 0 amide bonds. The average molecular weight is 392 g/mol. The van der Waals surface area contributed by atoms with E-state index in [1.165, 1.54) is 11.6 Å². The molecule has 0 saturated heterocycles. The van der Waals surface area contributed by atoms with Crippen molar-refractivity contribution in [2.24, 2.45) is 11.5 Å². The fraction of sp³-hybridized carbons (Fsp3) is 0.0909. The highest BCUT2D eigenvalue weighted by Gasteiger charge is 2.11. The van der Waals surface area contributed by atoms with E-state index in [2.05, 4.69) is 11.9 Å². The first kappa shape index (κ1) is 21.1. The van der Waals surface area contributed by atoms with E-state index in [1.54, 1.807) is 18.2 Å². The molecule has 6 heteroatoms. The molecule has 0 aliphatic heterocycles. The van der Waals surface area contributed by atoms with E-state index in [4.69, 9.17) is 34.8 Å². The minimum absolute atomic E-state index is 0.148. The van der Waals surface area contributed by atoms with Crippen LogP contribution >= 0.6 is 12.2 Å². The zero-order valence-corrected chi connectivity index (χ0v) is 16.4. The fourth-order valence-electron chi connectivity index (χ4n) is 2.67. The molecule has 0 heterocycles. The van der Waals surface area contributed by atoms with Crippen LogP contribution in [-0.2, 0) is 6.54 Å². The van der Waals surface area contributed by atoms with Crippen LogP contribution in [-0.4, -0.2) is 17.6 Å². The van der Waals surface area contributed by atoms with Gasteiger partial charge in [0, 0.05) is 41.5 Å². The summed E-state index contributed by atoms with van der Waals surface area (Å²) in [7, 11) is 0. The number of anilines is 1. The lowest BCUT2D eigenvalue weighted by atomic mass is 9.98. The average Bonchev–Trinajstić information content (AvgIpc) is 2.70. The van der Waals surface area contributed by atoms with Crippen LogP contribution < -0.4 is 22.5 Å². The van der Waals surface area contributed by atoms with Crippen molar-refractivity contribution >= 4 is 40.6 Å². The van der Waals surface area contributed by atoms with Gasteiger partial charge in [0.05, 0.1) is 11.4 Å². The topological polar surface area (TPSA) is 114 Å². The predicted octanol–water partition coefficient (Wildman–Crippen LogP) is 3.21. The predicted molar refractivity (Wildman–Crippen MR) is 124 cm³/mol. The Morgan fingerprint density at radius 1 is 1.21 bits per heavy atom. The molecule has 0 spiro atoms. The number of thiocarbonyl (C=S) groups is 1. The standard InChI is InChI=1S/C22H25N5S/c1-2-8-27-13-16-5-3-4-15(9-16)10-21(25)22(26)19-11-17(6-7-20(19)24)18(12-23)14-28/h2-7,9-12,14,26-27H,1,8,13,23-25H2/b18-12?,21-10-,26-22?. The summed E-state index contributed by atoms with van der Waals surface area (Å²) in [6.45, 7) is 5.16. The first-order valence-corrected chi connectivity index (χ1v) is 9.21. The molecule has 0 aliphatic rings. The molecule has 144 valence electrons. The van der Waals surface area contributed by atoms with E-state index in [-0.39, 0.29) is 5.71 Å². The number of benzene rings is 2. The smallest absolute Gasteiger partial charge is 0.0862 e. The third-order valence-electron chi connectivity index (χ3n) is 4.14. The summed E-state index contributed by atoms with van der Waals surface area (Å²) < 4.78 is 0. The van der Waals surface area contributed by atoms with Crippen molar-refractivity contribution in [2.75, 3.05) is 12.3 Å². The Bertz CT molecular complexity index is 944. The Labute approximate surface area is 171 Å². The summed E-state index contributed by atoms with van der Waals surface area (Å²) in [5, 5.41) is 13.2. The quantitative estimate of drug-likeness (QED) is 0.112. The van der Waals surface area contributed by atoms with Crippen LogP contribution in [0.3, 0.4) is 0 Å². The molecular formula is C22H25N5S. The number of hydrogen-bond donors (Lipinski definition) is 5. The van der Waals surface area contributed by atoms with E-state index in [9.17, 15) is 0 Å². The van der Waals surface area contributed by atoms with Crippen molar-refractivity contribution in [3.8, 4) is 0 Å². The summed E-state index contributed by atoms with van der Waals surface area (Å²) in [5.74, 6) is 0. The lowest BCUT2D eigenvalue weighted by molar-refractivity contribution is 0.760. The molecule has 2 aromatic carbocycles. The van der Waals surface area contributed by atoms with E-state index in [0.717, 1.165) is 29.8 Å². The van der Waals surface area contributed by atoms with Gasteiger partial charge < -0.3 is 22.5 Å². The maximum Gasteiger partial charge on any atom is 0.0862 e. The number of nitrogen functional groups attached to an aromatic ring is 1. The monoisotopic (exact) mass is 391 g/mol. The van der Waals surface area contributed by atoms with Crippen molar-refractivity contribution in [1.82, 2.24) is 5.32 Å². The van der Waals surface area contributed by atoms with Crippen molar-refractivity contribution in [2.45, 2.75) is 6.54 Å². The number of rotatable bonds is 9. The highest BCUT2D eigenvalue weighted by atomic mass is 32.1. The largest absolute Gasteiger partial charge is 0.404 e. The summed E-state index contributed by atoms with van der Waals surface area (Å²) in [6.07, 6.45) is 5.01. The molecule has 2 rings (SSSR count). The summed E-state index contributed by atoms with van der Waals surface area (Å²) in [5.41, 5.74) is 22.8. The second kappa shape index (κ2) is 10.2. The first-order chi connectivity index (χ1) is 13.5. The minimum Gasteiger partial charge on any atom is -0.404 e. The molecule has 0 saturated carbocycles. The van der Waals surface area contributed by atoms with Crippen molar-refractivity contribution in [3.05, 3.63) is 89.3 Å². The van der Waals surface area contributed by atoms with E-state index < -0.39 is 0 Å². The van der Waals surface area contributed by atoms with Crippen LogP contribution in [0.2, 0.25) is 0 Å². The van der Waals surface area contributed by atoms with Crippen LogP contribution in [0.4, 0.5) is 5.69 Å². The van der Waals surface area contributed by atoms with Crippen LogP contribution in [0.25, 0.3) is 11.6 Å². The highest BCUT2D eigenvalue weighted by Crippen LogP contribution is 2.22. The van der Waals surface area contributed by atoms with Gasteiger partial charge in [0.25, 0.3) is 0 Å². The van der Waals surface area contributed by atoms with E-state index in [0.29, 0.717) is 22.5 Å². The Kier molecular flexibility index (Phi) is 7.68. The minimum atomic E-state index is 0.148. The number of nitrogens with one attached hydrogen (secondary N) is 2. The molecule has 0 bridgehead atoms. The second-order valence-electron chi connectivity index (χ2n) is 6.18. The van der Waals surface area contributed by atoms with Gasteiger partial charge in [-0.05, 0) is 34.9 Å². The third-order valence-corrected chi connectivity index (χ3v) is 4.40. The van der Waals surface area contributed by atoms with Crippen molar-refractivity contribution < 1.29 is 0 Å². The van der Waals surface area contributed by atoms with E-state index >= 15 is 0 Å². The van der Waals surface area contributed by atoms with Gasteiger partial charge in [0.1, 0.15) is 0 Å². The molecule has 2 aromatic rings.